The zero-order chi connectivity index (χ0) is 12.3. The van der Waals surface area contributed by atoms with E-state index in [1.165, 1.54) is 0 Å². The van der Waals surface area contributed by atoms with E-state index in [4.69, 9.17) is 4.74 Å². The fourth-order valence-corrected chi connectivity index (χ4v) is 2.30. The number of carbonyl (C=O) groups is 1. The summed E-state index contributed by atoms with van der Waals surface area (Å²) in [5.74, 6) is 0.749. The van der Waals surface area contributed by atoms with Crippen molar-refractivity contribution in [1.29, 1.82) is 0 Å². The molecule has 94 valence electrons. The fourth-order valence-electron chi connectivity index (χ4n) is 2.30. The number of imidazole rings is 1. The summed E-state index contributed by atoms with van der Waals surface area (Å²) in [5.41, 5.74) is 0. The van der Waals surface area contributed by atoms with Crippen LogP contribution in [0.3, 0.4) is 0 Å². The van der Waals surface area contributed by atoms with Crippen molar-refractivity contribution in [2.75, 3.05) is 18.1 Å². The monoisotopic (exact) mass is 237 g/mol. The van der Waals surface area contributed by atoms with Gasteiger partial charge in [-0.05, 0) is 26.7 Å². The van der Waals surface area contributed by atoms with Crippen LogP contribution in [-0.4, -0.2) is 34.7 Å². The van der Waals surface area contributed by atoms with E-state index in [0.29, 0.717) is 6.61 Å². The second kappa shape index (κ2) is 5.21. The highest BCUT2D eigenvalue weighted by Crippen LogP contribution is 2.24. The van der Waals surface area contributed by atoms with Gasteiger partial charge in [-0.25, -0.2) is 9.78 Å². The van der Waals surface area contributed by atoms with E-state index in [-0.39, 0.29) is 12.0 Å². The third-order valence-electron chi connectivity index (χ3n) is 3.10. The summed E-state index contributed by atoms with van der Waals surface area (Å²) in [6.07, 6.45) is 5.59. The number of aryl methyl sites for hydroxylation is 1. The lowest BCUT2D eigenvalue weighted by Crippen LogP contribution is -2.38. The Labute approximate surface area is 101 Å². The largest absolute Gasteiger partial charge is 0.464 e. The van der Waals surface area contributed by atoms with Crippen LogP contribution in [0.4, 0.5) is 5.95 Å². The van der Waals surface area contributed by atoms with Gasteiger partial charge in [0.1, 0.15) is 6.04 Å². The molecule has 1 aromatic rings. The van der Waals surface area contributed by atoms with Crippen LogP contribution in [0, 0.1) is 0 Å². The van der Waals surface area contributed by atoms with E-state index in [2.05, 4.69) is 21.4 Å². The third kappa shape index (κ3) is 2.28. The summed E-state index contributed by atoms with van der Waals surface area (Å²) in [5, 5.41) is 0. The fraction of sp³-hybridized carbons (Fsp3) is 0.667. The summed E-state index contributed by atoms with van der Waals surface area (Å²) in [7, 11) is 0. The molecule has 5 heteroatoms. The SMILES string of the molecule is CCOC(=O)C1CCCN1c1nccn1CC. The first-order valence-corrected chi connectivity index (χ1v) is 6.22. The number of anilines is 1. The van der Waals surface area contributed by atoms with Gasteiger partial charge in [0.25, 0.3) is 0 Å². The Balaban J connectivity index is 2.17. The van der Waals surface area contributed by atoms with Crippen LogP contribution in [-0.2, 0) is 16.1 Å². The van der Waals surface area contributed by atoms with Crippen molar-refractivity contribution in [2.24, 2.45) is 0 Å². The predicted octanol–water partition coefficient (Wildman–Crippen LogP) is 1.43. The maximum absolute atomic E-state index is 11.8. The molecule has 0 spiro atoms. The van der Waals surface area contributed by atoms with Gasteiger partial charge < -0.3 is 14.2 Å². The Kier molecular flexibility index (Phi) is 3.66. The minimum Gasteiger partial charge on any atom is -0.464 e. The van der Waals surface area contributed by atoms with Crippen LogP contribution in [0.25, 0.3) is 0 Å². The van der Waals surface area contributed by atoms with Crippen molar-refractivity contribution >= 4 is 11.9 Å². The number of ether oxygens (including phenoxy) is 1. The number of carbonyl (C=O) groups excluding carboxylic acids is 1. The molecule has 1 fully saturated rings. The van der Waals surface area contributed by atoms with Gasteiger partial charge in [-0.1, -0.05) is 0 Å². The maximum Gasteiger partial charge on any atom is 0.328 e. The molecule has 0 N–H and O–H groups in total. The minimum atomic E-state index is -0.164. The predicted molar refractivity (Wildman–Crippen MR) is 64.9 cm³/mol. The Morgan fingerprint density at radius 1 is 1.59 bits per heavy atom. The highest BCUT2D eigenvalue weighted by Gasteiger charge is 2.33. The number of aromatic nitrogens is 2. The van der Waals surface area contributed by atoms with Crippen molar-refractivity contribution in [3.8, 4) is 0 Å². The zero-order valence-electron chi connectivity index (χ0n) is 10.4. The summed E-state index contributed by atoms with van der Waals surface area (Å²) >= 11 is 0. The first-order valence-electron chi connectivity index (χ1n) is 6.22. The molecule has 1 aromatic heterocycles. The van der Waals surface area contributed by atoms with Crippen LogP contribution >= 0.6 is 0 Å². The van der Waals surface area contributed by atoms with Gasteiger partial charge in [-0.15, -0.1) is 0 Å². The molecule has 17 heavy (non-hydrogen) atoms. The summed E-state index contributed by atoms with van der Waals surface area (Å²) in [4.78, 5) is 18.2. The molecule has 0 radical (unpaired) electrons. The normalized spacial score (nSPS) is 19.6. The van der Waals surface area contributed by atoms with E-state index in [0.717, 1.165) is 31.9 Å². The Morgan fingerprint density at radius 3 is 3.12 bits per heavy atom. The lowest BCUT2D eigenvalue weighted by molar-refractivity contribution is -0.144. The Hall–Kier alpha value is -1.52. The molecule has 1 aliphatic heterocycles. The molecule has 0 amide bonds. The van der Waals surface area contributed by atoms with Crippen molar-refractivity contribution < 1.29 is 9.53 Å². The second-order valence-electron chi connectivity index (χ2n) is 4.12. The average molecular weight is 237 g/mol. The molecule has 0 saturated carbocycles. The molecule has 2 rings (SSSR count). The average Bonchev–Trinajstić information content (AvgIpc) is 2.97. The highest BCUT2D eigenvalue weighted by atomic mass is 16.5. The van der Waals surface area contributed by atoms with Crippen LogP contribution in [0.15, 0.2) is 12.4 Å². The molecular weight excluding hydrogens is 218 g/mol. The van der Waals surface area contributed by atoms with Crippen LogP contribution in [0.2, 0.25) is 0 Å². The number of hydrogen-bond acceptors (Lipinski definition) is 4. The summed E-state index contributed by atoms with van der Waals surface area (Å²) in [6, 6.07) is -0.164. The van der Waals surface area contributed by atoms with Gasteiger partial charge in [-0.3, -0.25) is 0 Å². The van der Waals surface area contributed by atoms with Gasteiger partial charge in [0.05, 0.1) is 6.61 Å². The topological polar surface area (TPSA) is 47.4 Å². The molecule has 5 nitrogen and oxygen atoms in total. The van der Waals surface area contributed by atoms with Gasteiger partial charge in [0.15, 0.2) is 0 Å². The van der Waals surface area contributed by atoms with Gasteiger partial charge in [0, 0.05) is 25.5 Å². The van der Waals surface area contributed by atoms with Crippen LogP contribution < -0.4 is 4.90 Å². The highest BCUT2D eigenvalue weighted by molar-refractivity contribution is 5.80. The number of nitrogens with zero attached hydrogens (tertiary/aromatic N) is 3. The first-order chi connectivity index (χ1) is 8.27. The summed E-state index contributed by atoms with van der Waals surface area (Å²) < 4.78 is 7.16. The van der Waals surface area contributed by atoms with Crippen molar-refractivity contribution in [2.45, 2.75) is 39.3 Å². The zero-order valence-corrected chi connectivity index (χ0v) is 10.4. The van der Waals surface area contributed by atoms with E-state index in [9.17, 15) is 4.79 Å². The quantitative estimate of drug-likeness (QED) is 0.743. The number of rotatable bonds is 4. The third-order valence-corrected chi connectivity index (χ3v) is 3.10. The number of hydrogen-bond donors (Lipinski definition) is 0. The standard InChI is InChI=1S/C12H19N3O2/c1-3-14-9-7-13-12(14)15-8-5-6-10(15)11(16)17-4-2/h7,9-10H,3-6,8H2,1-2H3. The van der Waals surface area contributed by atoms with E-state index in [1.807, 2.05) is 13.1 Å². The molecule has 0 bridgehead atoms. The van der Waals surface area contributed by atoms with Gasteiger partial charge >= 0.3 is 5.97 Å². The lowest BCUT2D eigenvalue weighted by atomic mass is 10.2. The van der Waals surface area contributed by atoms with Crippen LogP contribution in [0.5, 0.6) is 0 Å². The molecule has 1 saturated heterocycles. The van der Waals surface area contributed by atoms with Crippen molar-refractivity contribution in [3.05, 3.63) is 12.4 Å². The molecule has 1 aliphatic rings. The van der Waals surface area contributed by atoms with Crippen LogP contribution in [0.1, 0.15) is 26.7 Å². The van der Waals surface area contributed by atoms with Gasteiger partial charge in [-0.2, -0.15) is 0 Å². The van der Waals surface area contributed by atoms with Crippen molar-refractivity contribution in [1.82, 2.24) is 9.55 Å². The molecule has 0 aromatic carbocycles. The first kappa shape index (κ1) is 12.0. The lowest BCUT2D eigenvalue weighted by Gasteiger charge is -2.24. The maximum atomic E-state index is 11.8. The smallest absolute Gasteiger partial charge is 0.328 e. The summed E-state index contributed by atoms with van der Waals surface area (Å²) in [6.45, 7) is 6.08. The Morgan fingerprint density at radius 2 is 2.41 bits per heavy atom. The molecule has 1 atom stereocenters. The van der Waals surface area contributed by atoms with E-state index < -0.39 is 0 Å². The van der Waals surface area contributed by atoms with Gasteiger partial charge in [0.2, 0.25) is 5.95 Å². The molecule has 0 aliphatic carbocycles. The van der Waals surface area contributed by atoms with E-state index in [1.54, 1.807) is 6.20 Å². The second-order valence-corrected chi connectivity index (χ2v) is 4.12. The molecule has 2 heterocycles. The minimum absolute atomic E-state index is 0.129. The molecular formula is C12H19N3O2. The number of esters is 1. The Bertz CT molecular complexity index is 389. The van der Waals surface area contributed by atoms with Crippen molar-refractivity contribution in [3.63, 3.8) is 0 Å². The molecule has 1 unspecified atom stereocenters. The van der Waals surface area contributed by atoms with E-state index >= 15 is 0 Å².